The largest absolute Gasteiger partial charge is 0.478 e. The van der Waals surface area contributed by atoms with E-state index in [9.17, 15) is 19.5 Å². The van der Waals surface area contributed by atoms with E-state index in [1.54, 1.807) is 6.92 Å². The predicted octanol–water partition coefficient (Wildman–Crippen LogP) is 4.95. The number of rotatable bonds is 5. The normalized spacial score (nSPS) is 12.0. The van der Waals surface area contributed by atoms with Crippen molar-refractivity contribution in [3.05, 3.63) is 80.5 Å². The van der Waals surface area contributed by atoms with Crippen LogP contribution in [0.1, 0.15) is 40.0 Å². The average Bonchev–Trinajstić information content (AvgIpc) is 3.21. The summed E-state index contributed by atoms with van der Waals surface area (Å²) in [4.78, 5) is 43.5. The van der Waals surface area contributed by atoms with Crippen LogP contribution < -0.4 is 10.9 Å². The number of aromatic nitrogens is 2. The second-order valence-corrected chi connectivity index (χ2v) is 8.95. The standard InChI is InChI=1S/C25H23N3O4S/c1-13-6-9-17(10-7-13)21-27-23-20(18(12-33-23)25(31)32)24(30)28(21)16(4)22(29)26-19-11-14(2)5-8-15(19)3/h5-12,16H,1-4H3,(H,26,29)(H,31,32). The summed E-state index contributed by atoms with van der Waals surface area (Å²) in [5, 5.41) is 13.9. The quantitative estimate of drug-likeness (QED) is 0.438. The molecule has 0 aliphatic heterocycles. The molecule has 4 aromatic rings. The van der Waals surface area contributed by atoms with Crippen LogP contribution in [0.5, 0.6) is 0 Å². The zero-order valence-electron chi connectivity index (χ0n) is 18.7. The number of thiophene rings is 1. The zero-order valence-corrected chi connectivity index (χ0v) is 19.5. The lowest BCUT2D eigenvalue weighted by Crippen LogP contribution is -2.34. The highest BCUT2D eigenvalue weighted by atomic mass is 32.1. The van der Waals surface area contributed by atoms with Crippen molar-refractivity contribution < 1.29 is 14.7 Å². The molecule has 1 amide bonds. The van der Waals surface area contributed by atoms with Gasteiger partial charge < -0.3 is 10.4 Å². The van der Waals surface area contributed by atoms with E-state index >= 15 is 0 Å². The second-order valence-electron chi connectivity index (χ2n) is 8.09. The molecule has 4 rings (SSSR count). The van der Waals surface area contributed by atoms with E-state index in [0.717, 1.165) is 28.0 Å². The summed E-state index contributed by atoms with van der Waals surface area (Å²) in [6.45, 7) is 7.38. The smallest absolute Gasteiger partial charge is 0.337 e. The second kappa shape index (κ2) is 8.63. The lowest BCUT2D eigenvalue weighted by molar-refractivity contribution is -0.118. The molecule has 33 heavy (non-hydrogen) atoms. The third-order valence-corrected chi connectivity index (χ3v) is 6.47. The molecular weight excluding hydrogens is 438 g/mol. The maximum absolute atomic E-state index is 13.6. The summed E-state index contributed by atoms with van der Waals surface area (Å²) in [5.41, 5.74) is 3.58. The summed E-state index contributed by atoms with van der Waals surface area (Å²) in [7, 11) is 0. The Morgan fingerprint density at radius 3 is 2.39 bits per heavy atom. The Bertz CT molecular complexity index is 1450. The van der Waals surface area contributed by atoms with Gasteiger partial charge in [0, 0.05) is 16.6 Å². The molecular formula is C25H23N3O4S. The average molecular weight is 462 g/mol. The van der Waals surface area contributed by atoms with Gasteiger partial charge in [0.2, 0.25) is 5.91 Å². The van der Waals surface area contributed by atoms with Gasteiger partial charge in [0.1, 0.15) is 16.7 Å². The summed E-state index contributed by atoms with van der Waals surface area (Å²) >= 11 is 1.10. The summed E-state index contributed by atoms with van der Waals surface area (Å²) < 4.78 is 1.28. The summed E-state index contributed by atoms with van der Waals surface area (Å²) in [5.74, 6) is -1.29. The van der Waals surface area contributed by atoms with Crippen molar-refractivity contribution >= 4 is 39.1 Å². The van der Waals surface area contributed by atoms with Crippen molar-refractivity contribution in [1.82, 2.24) is 9.55 Å². The van der Waals surface area contributed by atoms with E-state index in [0.29, 0.717) is 21.9 Å². The van der Waals surface area contributed by atoms with Crippen LogP contribution in [-0.2, 0) is 4.79 Å². The van der Waals surface area contributed by atoms with Gasteiger partial charge in [-0.15, -0.1) is 11.3 Å². The minimum absolute atomic E-state index is 0.00903. The van der Waals surface area contributed by atoms with Crippen molar-refractivity contribution in [3.8, 4) is 11.4 Å². The van der Waals surface area contributed by atoms with Gasteiger partial charge in [0.05, 0.1) is 10.9 Å². The Balaban J connectivity index is 1.89. The van der Waals surface area contributed by atoms with Gasteiger partial charge in [0.25, 0.3) is 5.56 Å². The fraction of sp³-hybridized carbons (Fsp3) is 0.200. The van der Waals surface area contributed by atoms with Crippen LogP contribution in [0.25, 0.3) is 21.6 Å². The zero-order chi connectivity index (χ0) is 23.9. The molecule has 0 bridgehead atoms. The van der Waals surface area contributed by atoms with E-state index in [-0.39, 0.29) is 10.9 Å². The van der Waals surface area contributed by atoms with Crippen molar-refractivity contribution in [2.24, 2.45) is 0 Å². The molecule has 2 aromatic heterocycles. The maximum Gasteiger partial charge on any atom is 0.337 e. The van der Waals surface area contributed by atoms with Crippen molar-refractivity contribution in [2.45, 2.75) is 33.7 Å². The number of anilines is 1. The number of fused-ring (bicyclic) bond motifs is 1. The van der Waals surface area contributed by atoms with Gasteiger partial charge in [0.15, 0.2) is 0 Å². The van der Waals surface area contributed by atoms with Crippen LogP contribution >= 0.6 is 11.3 Å². The number of nitrogens with zero attached hydrogens (tertiary/aromatic N) is 2. The molecule has 0 saturated carbocycles. The van der Waals surface area contributed by atoms with Crippen LogP contribution in [-0.4, -0.2) is 26.5 Å². The van der Waals surface area contributed by atoms with Gasteiger partial charge in [-0.2, -0.15) is 0 Å². The molecule has 0 radical (unpaired) electrons. The maximum atomic E-state index is 13.6. The highest BCUT2D eigenvalue weighted by Gasteiger charge is 2.26. The van der Waals surface area contributed by atoms with Gasteiger partial charge in [-0.1, -0.05) is 42.0 Å². The first-order valence-corrected chi connectivity index (χ1v) is 11.3. The first kappa shape index (κ1) is 22.4. The SMILES string of the molecule is Cc1ccc(-c2nc3scc(C(=O)O)c3c(=O)n2C(C)C(=O)Nc2cc(C)ccc2C)cc1. The molecule has 1 atom stereocenters. The Morgan fingerprint density at radius 2 is 1.73 bits per heavy atom. The Kier molecular flexibility index (Phi) is 5.86. The van der Waals surface area contributed by atoms with Crippen molar-refractivity contribution in [1.29, 1.82) is 0 Å². The number of aryl methyl sites for hydroxylation is 3. The van der Waals surface area contributed by atoms with Gasteiger partial charge >= 0.3 is 5.97 Å². The summed E-state index contributed by atoms with van der Waals surface area (Å²) in [6.07, 6.45) is 0. The van der Waals surface area contributed by atoms with Gasteiger partial charge in [-0.05, 0) is 44.9 Å². The predicted molar refractivity (Wildman–Crippen MR) is 130 cm³/mol. The van der Waals surface area contributed by atoms with Crippen molar-refractivity contribution in [2.75, 3.05) is 5.32 Å². The molecule has 2 aromatic carbocycles. The molecule has 2 heterocycles. The number of carbonyl (C=O) groups is 2. The number of benzene rings is 2. The third kappa shape index (κ3) is 4.17. The van der Waals surface area contributed by atoms with Crippen LogP contribution in [0.2, 0.25) is 0 Å². The lowest BCUT2D eigenvalue weighted by Gasteiger charge is -2.20. The number of hydrogen-bond acceptors (Lipinski definition) is 5. The molecule has 0 spiro atoms. The Morgan fingerprint density at radius 1 is 1.06 bits per heavy atom. The monoisotopic (exact) mass is 461 g/mol. The highest BCUT2D eigenvalue weighted by Crippen LogP contribution is 2.28. The Labute approximate surface area is 194 Å². The van der Waals surface area contributed by atoms with E-state index in [1.807, 2.05) is 63.2 Å². The topological polar surface area (TPSA) is 101 Å². The number of nitrogens with one attached hydrogen (secondary N) is 1. The number of carbonyl (C=O) groups excluding carboxylic acids is 1. The van der Waals surface area contributed by atoms with Crippen molar-refractivity contribution in [3.63, 3.8) is 0 Å². The van der Waals surface area contributed by atoms with E-state index in [1.165, 1.54) is 9.95 Å². The molecule has 0 fully saturated rings. The van der Waals surface area contributed by atoms with Gasteiger partial charge in [-0.3, -0.25) is 14.2 Å². The molecule has 8 heteroatoms. The molecule has 2 N–H and O–H groups in total. The molecule has 0 aliphatic rings. The molecule has 168 valence electrons. The molecule has 7 nitrogen and oxygen atoms in total. The minimum Gasteiger partial charge on any atom is -0.478 e. The number of hydrogen-bond donors (Lipinski definition) is 2. The van der Waals surface area contributed by atoms with Crippen LogP contribution in [0.15, 0.2) is 52.6 Å². The minimum atomic E-state index is -1.21. The van der Waals surface area contributed by atoms with Gasteiger partial charge in [-0.25, -0.2) is 9.78 Å². The molecule has 0 aliphatic carbocycles. The number of carboxylic acid groups (broad SMARTS) is 1. The molecule has 0 saturated heterocycles. The van der Waals surface area contributed by atoms with Crippen LogP contribution in [0, 0.1) is 20.8 Å². The lowest BCUT2D eigenvalue weighted by atomic mass is 10.1. The van der Waals surface area contributed by atoms with Crippen LogP contribution in [0.3, 0.4) is 0 Å². The third-order valence-electron chi connectivity index (χ3n) is 5.60. The summed E-state index contributed by atoms with van der Waals surface area (Å²) in [6, 6.07) is 12.3. The first-order chi connectivity index (χ1) is 15.7. The fourth-order valence-corrected chi connectivity index (χ4v) is 4.55. The number of carboxylic acids is 1. The first-order valence-electron chi connectivity index (χ1n) is 10.4. The highest BCUT2D eigenvalue weighted by molar-refractivity contribution is 7.17. The fourth-order valence-electron chi connectivity index (χ4n) is 3.65. The Hall–Kier alpha value is -3.78. The van der Waals surface area contributed by atoms with E-state index < -0.39 is 23.5 Å². The number of aromatic carboxylic acids is 1. The number of amides is 1. The molecule has 1 unspecified atom stereocenters. The van der Waals surface area contributed by atoms with E-state index in [2.05, 4.69) is 10.3 Å². The van der Waals surface area contributed by atoms with Crippen LogP contribution in [0.4, 0.5) is 5.69 Å². The van der Waals surface area contributed by atoms with E-state index in [4.69, 9.17) is 0 Å².